The smallest absolute Gasteiger partial charge is 0.410 e. The maximum atomic E-state index is 13.3. The second kappa shape index (κ2) is 11.3. The van der Waals surface area contributed by atoms with Crippen molar-refractivity contribution >= 4 is 37.3 Å². The first-order valence-electron chi connectivity index (χ1n) is 15.8. The van der Waals surface area contributed by atoms with Crippen molar-refractivity contribution in [2.75, 3.05) is 18.4 Å². The van der Waals surface area contributed by atoms with Crippen molar-refractivity contribution in [3.8, 4) is 0 Å². The Kier molecular flexibility index (Phi) is 8.28. The maximum absolute atomic E-state index is 13.3. The second-order valence-corrected chi connectivity index (χ2v) is 20.4. The fourth-order valence-electron chi connectivity index (χ4n) is 5.88. The van der Waals surface area contributed by atoms with Gasteiger partial charge in [0.25, 0.3) is 5.91 Å². The van der Waals surface area contributed by atoms with Gasteiger partial charge in [-0.2, -0.15) is 0 Å². The zero-order chi connectivity index (χ0) is 32.2. The highest BCUT2D eigenvalue weighted by molar-refractivity contribution is 6.74. The van der Waals surface area contributed by atoms with Crippen LogP contribution in [0.2, 0.25) is 18.1 Å². The third kappa shape index (κ3) is 6.58. The molecule has 1 aliphatic carbocycles. The molecule has 1 aromatic carbocycles. The first kappa shape index (κ1) is 32.2. The van der Waals surface area contributed by atoms with Crippen LogP contribution in [0.4, 0.5) is 10.7 Å². The van der Waals surface area contributed by atoms with Gasteiger partial charge in [0.1, 0.15) is 5.60 Å². The van der Waals surface area contributed by atoms with Gasteiger partial charge in [-0.15, -0.1) is 0 Å². The maximum Gasteiger partial charge on any atom is 0.410 e. The average Bonchev–Trinajstić information content (AvgIpc) is 3.61. The molecular weight excluding hydrogens is 574 g/mol. The highest BCUT2D eigenvalue weighted by atomic mass is 28.4. The van der Waals surface area contributed by atoms with Gasteiger partial charge < -0.3 is 23.2 Å². The van der Waals surface area contributed by atoms with Gasteiger partial charge in [-0.3, -0.25) is 10.1 Å². The fraction of sp³-hybridized carbons (Fsp3) is 0.636. The molecule has 1 spiro atoms. The predicted octanol–water partition coefficient (Wildman–Crippen LogP) is 7.88. The van der Waals surface area contributed by atoms with E-state index >= 15 is 0 Å². The van der Waals surface area contributed by atoms with E-state index in [-0.39, 0.29) is 40.2 Å². The summed E-state index contributed by atoms with van der Waals surface area (Å²) in [6.45, 7) is 22.8. The van der Waals surface area contributed by atoms with Crippen LogP contribution >= 0.6 is 0 Å². The van der Waals surface area contributed by atoms with Gasteiger partial charge in [0.15, 0.2) is 8.32 Å². The minimum Gasteiger partial charge on any atom is -0.444 e. The second-order valence-electron chi connectivity index (χ2n) is 15.6. The molecule has 1 N–H and O–H groups in total. The molecule has 2 aromatic heterocycles. The number of anilines is 1. The molecule has 0 atom stereocenters. The number of imidazole rings is 1. The Bertz CT molecular complexity index is 1540. The first-order valence-corrected chi connectivity index (χ1v) is 18.7. The highest BCUT2D eigenvalue weighted by Gasteiger charge is 2.51. The summed E-state index contributed by atoms with van der Waals surface area (Å²) >= 11 is 0. The minimum atomic E-state index is -1.92. The van der Waals surface area contributed by atoms with E-state index in [0.717, 1.165) is 41.6 Å². The number of hydrogen-bond donors (Lipinski definition) is 1. The SMILES string of the molecule is CC(C)c1cc(C(=O)Nc2nc3cc(CO[Si](C)(C)C(C)(C)C)ccc3n2C2CC3(CCN(C(=O)OC(C)(C)C)C3)C2)on1. The molecule has 11 heteroatoms. The largest absolute Gasteiger partial charge is 0.444 e. The van der Waals surface area contributed by atoms with E-state index in [4.69, 9.17) is 18.7 Å². The van der Waals surface area contributed by atoms with E-state index in [9.17, 15) is 9.59 Å². The molecule has 0 bridgehead atoms. The molecule has 0 unspecified atom stereocenters. The van der Waals surface area contributed by atoms with Crippen molar-refractivity contribution < 1.29 is 23.3 Å². The van der Waals surface area contributed by atoms with Crippen LogP contribution in [0.15, 0.2) is 28.8 Å². The average molecular weight is 624 g/mol. The third-order valence-corrected chi connectivity index (χ3v) is 14.0. The number of aromatic nitrogens is 3. The Labute approximate surface area is 262 Å². The molecule has 2 amide bonds. The lowest BCUT2D eigenvalue weighted by Crippen LogP contribution is -2.43. The van der Waals surface area contributed by atoms with Crippen molar-refractivity contribution in [2.45, 2.75) is 117 Å². The van der Waals surface area contributed by atoms with Crippen LogP contribution < -0.4 is 5.32 Å². The summed E-state index contributed by atoms with van der Waals surface area (Å²) in [6, 6.07) is 8.06. The zero-order valence-electron chi connectivity index (χ0n) is 28.0. The van der Waals surface area contributed by atoms with Crippen molar-refractivity contribution in [3.05, 3.63) is 41.3 Å². The van der Waals surface area contributed by atoms with Crippen molar-refractivity contribution in [3.63, 3.8) is 0 Å². The number of ether oxygens (including phenoxy) is 1. The Hall–Kier alpha value is -3.18. The Morgan fingerprint density at radius 3 is 2.45 bits per heavy atom. The van der Waals surface area contributed by atoms with E-state index in [1.54, 1.807) is 6.07 Å². The number of rotatable bonds is 7. The number of amides is 2. The van der Waals surface area contributed by atoms with Gasteiger partial charge in [-0.25, -0.2) is 9.78 Å². The molecule has 5 rings (SSSR count). The van der Waals surface area contributed by atoms with Crippen molar-refractivity contribution in [1.29, 1.82) is 0 Å². The molecule has 0 radical (unpaired) electrons. The van der Waals surface area contributed by atoms with Gasteiger partial charge >= 0.3 is 6.09 Å². The Balaban J connectivity index is 1.39. The molecule has 240 valence electrons. The number of nitrogens with one attached hydrogen (secondary N) is 1. The van der Waals surface area contributed by atoms with Crippen LogP contribution in [-0.2, 0) is 15.8 Å². The van der Waals surface area contributed by atoms with Gasteiger partial charge in [0.2, 0.25) is 11.7 Å². The lowest BCUT2D eigenvalue weighted by atomic mass is 9.65. The molecule has 3 heterocycles. The summed E-state index contributed by atoms with van der Waals surface area (Å²) in [5.74, 6) is 0.407. The van der Waals surface area contributed by atoms with E-state index in [1.165, 1.54) is 0 Å². The molecule has 1 saturated heterocycles. The number of likely N-dealkylation sites (tertiary alicyclic amines) is 1. The van der Waals surface area contributed by atoms with Crippen LogP contribution in [0.25, 0.3) is 11.0 Å². The van der Waals surface area contributed by atoms with Gasteiger partial charge in [0.05, 0.1) is 23.3 Å². The summed E-state index contributed by atoms with van der Waals surface area (Å²) in [5.41, 5.74) is 3.06. The van der Waals surface area contributed by atoms with Crippen molar-refractivity contribution in [1.82, 2.24) is 19.6 Å². The first-order chi connectivity index (χ1) is 20.4. The van der Waals surface area contributed by atoms with Crippen LogP contribution in [0.1, 0.15) is 108 Å². The number of nitrogens with zero attached hydrogens (tertiary/aromatic N) is 4. The van der Waals surface area contributed by atoms with Crippen LogP contribution in [0.5, 0.6) is 0 Å². The van der Waals surface area contributed by atoms with E-state index < -0.39 is 13.9 Å². The quantitative estimate of drug-likeness (QED) is 0.266. The molecule has 10 nitrogen and oxygen atoms in total. The summed E-state index contributed by atoms with van der Waals surface area (Å²) in [5, 5.41) is 7.18. The molecule has 1 aliphatic heterocycles. The third-order valence-electron chi connectivity index (χ3n) is 9.52. The molecule has 44 heavy (non-hydrogen) atoms. The lowest BCUT2D eigenvalue weighted by Gasteiger charge is -2.46. The predicted molar refractivity (Wildman–Crippen MR) is 173 cm³/mol. The fourth-order valence-corrected chi connectivity index (χ4v) is 6.84. The lowest BCUT2D eigenvalue weighted by molar-refractivity contribution is 0.0199. The standard InChI is InChI=1S/C33H49N5O5Si/c1-21(2)24-16-27(43-36-24)28(39)35-29-34-25-15-22(19-41-44(9,10)32(6,7)8)11-12-26(25)38(29)23-17-33(18-23)13-14-37(20-33)30(40)42-31(3,4)5/h11-12,15-16,21,23H,13-14,17-20H2,1-10H3,(H,34,35,39). The van der Waals surface area contributed by atoms with E-state index in [2.05, 4.69) is 67.1 Å². The van der Waals surface area contributed by atoms with Crippen molar-refractivity contribution in [2.24, 2.45) is 5.41 Å². The number of fused-ring (bicyclic) bond motifs is 1. The Morgan fingerprint density at radius 2 is 1.84 bits per heavy atom. The number of benzene rings is 1. The van der Waals surface area contributed by atoms with Gasteiger partial charge in [-0.1, -0.05) is 45.8 Å². The van der Waals surface area contributed by atoms with Crippen LogP contribution in [-0.4, -0.2) is 58.6 Å². The summed E-state index contributed by atoms with van der Waals surface area (Å²) < 4.78 is 19.6. The van der Waals surface area contributed by atoms with Gasteiger partial charge in [0, 0.05) is 25.2 Å². The molecule has 1 saturated carbocycles. The normalized spacial score (nSPS) is 20.9. The summed E-state index contributed by atoms with van der Waals surface area (Å²) in [4.78, 5) is 32.8. The topological polar surface area (TPSA) is 112 Å². The summed E-state index contributed by atoms with van der Waals surface area (Å²) in [7, 11) is -1.92. The van der Waals surface area contributed by atoms with E-state index in [1.807, 2.05) is 39.5 Å². The number of hydrogen-bond acceptors (Lipinski definition) is 7. The molecule has 2 aliphatic rings. The summed E-state index contributed by atoms with van der Waals surface area (Å²) in [6.07, 6.45) is 2.45. The Morgan fingerprint density at radius 1 is 1.14 bits per heavy atom. The number of carbonyl (C=O) groups excluding carboxylic acids is 2. The minimum absolute atomic E-state index is 0.0352. The monoisotopic (exact) mass is 623 g/mol. The van der Waals surface area contributed by atoms with Gasteiger partial charge in [-0.05, 0) is 87.2 Å². The highest BCUT2D eigenvalue weighted by Crippen LogP contribution is 2.55. The molecular formula is C33H49N5O5Si. The van der Waals surface area contributed by atoms with E-state index in [0.29, 0.717) is 25.6 Å². The molecule has 2 fully saturated rings. The number of carbonyl (C=O) groups is 2. The zero-order valence-corrected chi connectivity index (χ0v) is 29.0. The molecule has 3 aromatic rings. The van der Waals surface area contributed by atoms with Crippen LogP contribution in [0.3, 0.4) is 0 Å². The van der Waals surface area contributed by atoms with Crippen LogP contribution in [0, 0.1) is 5.41 Å².